The summed E-state index contributed by atoms with van der Waals surface area (Å²) in [5.74, 6) is -0.187. The quantitative estimate of drug-likeness (QED) is 0.388. The van der Waals surface area contributed by atoms with Crippen LogP contribution in [0.15, 0.2) is 54.1 Å². The Hall–Kier alpha value is -4.24. The third-order valence-electron chi connectivity index (χ3n) is 8.36. The lowest BCUT2D eigenvalue weighted by Crippen LogP contribution is -2.40. The molecule has 3 N–H and O–H groups in total. The maximum atomic E-state index is 15.7. The Morgan fingerprint density at radius 3 is 2.56 bits per heavy atom. The van der Waals surface area contributed by atoms with Gasteiger partial charge >= 0.3 is 0 Å². The van der Waals surface area contributed by atoms with Crippen molar-refractivity contribution < 1.29 is 23.8 Å². The largest absolute Gasteiger partial charge is 0.489 e. The molecule has 2 aliphatic rings. The van der Waals surface area contributed by atoms with Gasteiger partial charge in [-0.1, -0.05) is 44.1 Å². The average molecular weight is 587 g/mol. The summed E-state index contributed by atoms with van der Waals surface area (Å²) in [6.45, 7) is 7.00. The predicted molar refractivity (Wildman–Crippen MR) is 164 cm³/mol. The van der Waals surface area contributed by atoms with E-state index in [1.165, 1.54) is 6.07 Å². The van der Waals surface area contributed by atoms with Gasteiger partial charge in [-0.2, -0.15) is 0 Å². The molecule has 2 amide bonds. The fourth-order valence-electron chi connectivity index (χ4n) is 5.83. The molecule has 9 heteroatoms. The van der Waals surface area contributed by atoms with Crippen molar-refractivity contribution in [1.82, 2.24) is 14.5 Å². The fraction of sp³-hybridized carbons (Fsp3) is 0.382. The number of benzene rings is 2. The number of allylic oxidation sites excluding steroid dienone is 1. The fourth-order valence-corrected chi connectivity index (χ4v) is 5.83. The Morgan fingerprint density at radius 2 is 1.86 bits per heavy atom. The Kier molecular flexibility index (Phi) is 9.40. The van der Waals surface area contributed by atoms with Crippen LogP contribution in [-0.2, 0) is 11.4 Å². The molecule has 8 nitrogen and oxygen atoms in total. The lowest BCUT2D eigenvalue weighted by atomic mass is 9.95. The molecule has 2 heterocycles. The molecule has 2 fully saturated rings. The van der Waals surface area contributed by atoms with E-state index in [1.807, 2.05) is 12.1 Å². The molecule has 1 aromatic heterocycles. The molecular formula is C34H39FN4O4. The number of nitrogens with two attached hydrogens (primary N) is 1. The van der Waals surface area contributed by atoms with E-state index in [0.717, 1.165) is 43.0 Å². The molecule has 5 rings (SSSR count). The van der Waals surface area contributed by atoms with Gasteiger partial charge in [0.05, 0.1) is 22.4 Å². The first-order valence-electron chi connectivity index (χ1n) is 15.0. The molecule has 2 aromatic carbocycles. The van der Waals surface area contributed by atoms with Crippen LogP contribution in [0.5, 0.6) is 5.75 Å². The van der Waals surface area contributed by atoms with E-state index < -0.39 is 11.7 Å². The van der Waals surface area contributed by atoms with E-state index in [9.17, 15) is 14.7 Å². The van der Waals surface area contributed by atoms with Crippen LogP contribution in [0.25, 0.3) is 24.0 Å². The van der Waals surface area contributed by atoms with E-state index >= 15 is 4.39 Å². The highest BCUT2D eigenvalue weighted by Gasteiger charge is 2.24. The molecule has 43 heavy (non-hydrogen) atoms. The molecule has 1 saturated carbocycles. The van der Waals surface area contributed by atoms with Crippen molar-refractivity contribution in [2.24, 2.45) is 5.73 Å². The van der Waals surface area contributed by atoms with Crippen molar-refractivity contribution in [3.63, 3.8) is 0 Å². The Bertz CT molecular complexity index is 1630. The van der Waals surface area contributed by atoms with Gasteiger partial charge in [-0.3, -0.25) is 9.59 Å². The number of hydrogen-bond donors (Lipinski definition) is 2. The van der Waals surface area contributed by atoms with E-state index in [2.05, 4.69) is 16.1 Å². The molecule has 0 unspecified atom stereocenters. The molecule has 0 bridgehead atoms. The zero-order valence-corrected chi connectivity index (χ0v) is 24.6. The minimum absolute atomic E-state index is 0.0701. The van der Waals surface area contributed by atoms with Crippen LogP contribution >= 0.6 is 0 Å². The molecule has 226 valence electrons. The van der Waals surface area contributed by atoms with Crippen molar-refractivity contribution in [2.75, 3.05) is 13.1 Å². The molecule has 3 aromatic rings. The molecule has 1 saturated heterocycles. The van der Waals surface area contributed by atoms with Crippen LogP contribution in [0.4, 0.5) is 4.39 Å². The minimum atomic E-state index is -0.506. The number of carbonyl (C=O) groups is 2. The van der Waals surface area contributed by atoms with Gasteiger partial charge in [0.25, 0.3) is 5.91 Å². The Balaban J connectivity index is 1.37. The highest BCUT2D eigenvalue weighted by molar-refractivity contribution is 5.94. The van der Waals surface area contributed by atoms with E-state index in [0.29, 0.717) is 59.6 Å². The first-order valence-corrected chi connectivity index (χ1v) is 15.0. The third-order valence-corrected chi connectivity index (χ3v) is 8.36. The van der Waals surface area contributed by atoms with Gasteiger partial charge in [-0.05, 0) is 68.5 Å². The lowest BCUT2D eigenvalue weighted by Gasteiger charge is -2.29. The summed E-state index contributed by atoms with van der Waals surface area (Å²) in [6.07, 6.45) is 9.48. The molecular weight excluding hydrogens is 547 g/mol. The smallest absolute Gasteiger partial charge is 0.253 e. The van der Waals surface area contributed by atoms with Gasteiger partial charge in [-0.15, -0.1) is 0 Å². The second-order valence-electron chi connectivity index (χ2n) is 11.5. The number of aliphatic hydroxyl groups is 1. The zero-order chi connectivity index (χ0) is 30.5. The number of nitrogens with zero attached hydrogens (tertiary/aromatic N) is 3. The predicted octanol–water partition coefficient (Wildman–Crippen LogP) is 3.99. The number of amides is 2. The number of carbonyl (C=O) groups excluding carboxylic acids is 2. The number of primary amides is 1. The second kappa shape index (κ2) is 13.4. The molecule has 0 atom stereocenters. The highest BCUT2D eigenvalue weighted by Crippen LogP contribution is 2.32. The van der Waals surface area contributed by atoms with Crippen LogP contribution in [0.2, 0.25) is 0 Å². The maximum Gasteiger partial charge on any atom is 0.253 e. The Morgan fingerprint density at radius 1 is 1.12 bits per heavy atom. The minimum Gasteiger partial charge on any atom is -0.489 e. The van der Waals surface area contributed by atoms with Crippen molar-refractivity contribution in [1.29, 1.82) is 0 Å². The van der Waals surface area contributed by atoms with Gasteiger partial charge in [0, 0.05) is 36.3 Å². The van der Waals surface area contributed by atoms with E-state index in [1.54, 1.807) is 48.2 Å². The summed E-state index contributed by atoms with van der Waals surface area (Å²) in [6, 6.07) is 12.1. The van der Waals surface area contributed by atoms with Crippen LogP contribution in [0.3, 0.4) is 0 Å². The van der Waals surface area contributed by atoms with E-state index in [-0.39, 0.29) is 24.7 Å². The number of piperidine rings is 1. The first kappa shape index (κ1) is 30.2. The standard InChI is InChI=1S/C34H39FN4O4/c1-22(32(36)41)11-14-31-23(2)37-33(39(31)26-9-4-3-5-10-26)29-13-12-28(20-30(29)35)43-21-24-7-6-8-25(19-24)34(42)38-17-15-27(40)16-18-38/h6-8,11-14,19-20,26-27,40H,2-5,9-10,15-18,21H2,1H3,(H2,36,41)/b22-11+,31-14+. The van der Waals surface area contributed by atoms with Crippen molar-refractivity contribution in [3.8, 4) is 17.1 Å². The number of imidazole rings is 1. The number of aliphatic hydroxyl groups excluding tert-OH is 1. The summed E-state index contributed by atoms with van der Waals surface area (Å²) in [7, 11) is 0. The molecule has 1 aliphatic heterocycles. The summed E-state index contributed by atoms with van der Waals surface area (Å²) in [5.41, 5.74) is 7.52. The normalized spacial score (nSPS) is 17.3. The number of aromatic nitrogens is 2. The first-order chi connectivity index (χ1) is 20.7. The highest BCUT2D eigenvalue weighted by atomic mass is 19.1. The number of rotatable bonds is 8. The summed E-state index contributed by atoms with van der Waals surface area (Å²) < 4.78 is 23.6. The van der Waals surface area contributed by atoms with Crippen LogP contribution in [0, 0.1) is 5.82 Å². The number of halogens is 1. The Labute approximate surface area is 251 Å². The van der Waals surface area contributed by atoms with Gasteiger partial charge < -0.3 is 25.0 Å². The maximum absolute atomic E-state index is 15.7. The van der Waals surface area contributed by atoms with Crippen LogP contribution in [0.1, 0.15) is 73.8 Å². The SMILES string of the molecule is C=c1nc(-c2ccc(OCc3cccc(C(=O)N4CCC(O)CC4)c3)cc2F)n(C2CCCCC2)/c1=C/C=C(\C)C(N)=O. The lowest BCUT2D eigenvalue weighted by molar-refractivity contribution is -0.114. The summed E-state index contributed by atoms with van der Waals surface area (Å²) in [4.78, 5) is 30.9. The third kappa shape index (κ3) is 7.05. The van der Waals surface area contributed by atoms with Gasteiger partial charge in [0.1, 0.15) is 24.0 Å². The average Bonchev–Trinajstić information content (AvgIpc) is 3.34. The van der Waals surface area contributed by atoms with Gasteiger partial charge in [0.2, 0.25) is 5.91 Å². The molecule has 1 aliphatic carbocycles. The van der Waals surface area contributed by atoms with Crippen molar-refractivity contribution in [3.05, 3.63) is 81.8 Å². The van der Waals surface area contributed by atoms with Crippen molar-refractivity contribution >= 4 is 24.5 Å². The van der Waals surface area contributed by atoms with Gasteiger partial charge in [0.15, 0.2) is 0 Å². The van der Waals surface area contributed by atoms with E-state index in [4.69, 9.17) is 10.5 Å². The topological polar surface area (TPSA) is 111 Å². The summed E-state index contributed by atoms with van der Waals surface area (Å²) >= 11 is 0. The second-order valence-corrected chi connectivity index (χ2v) is 11.5. The number of ether oxygens (including phenoxy) is 1. The van der Waals surface area contributed by atoms with Crippen molar-refractivity contribution in [2.45, 2.75) is 70.6 Å². The summed E-state index contributed by atoms with van der Waals surface area (Å²) in [5, 5.41) is 11.0. The number of likely N-dealkylation sites (tertiary alicyclic amines) is 1. The number of hydrogen-bond acceptors (Lipinski definition) is 5. The monoisotopic (exact) mass is 586 g/mol. The van der Waals surface area contributed by atoms with Crippen LogP contribution in [-0.4, -0.2) is 50.6 Å². The zero-order valence-electron chi connectivity index (χ0n) is 24.6. The molecule has 0 radical (unpaired) electrons. The van der Waals surface area contributed by atoms with Gasteiger partial charge in [-0.25, -0.2) is 9.37 Å². The van der Waals surface area contributed by atoms with Crippen LogP contribution < -0.4 is 21.2 Å². The molecule has 0 spiro atoms.